The van der Waals surface area contributed by atoms with Crippen LogP contribution in [0.1, 0.15) is 50.5 Å². The SMILES string of the molecule is CC[C@H](C)[C@H](N=C1NS(=O)(=O)c2ccccc21)C(=O)N1CCCC(c2nc3ccccc3o2)C1. The second-order valence-electron chi connectivity index (χ2n) is 9.05. The van der Waals surface area contributed by atoms with Gasteiger partial charge in [-0.2, -0.15) is 0 Å². The first-order valence-corrected chi connectivity index (χ1v) is 13.2. The second kappa shape index (κ2) is 8.87. The fraction of sp³-hybridized carbons (Fsp3) is 0.400. The third-order valence-electron chi connectivity index (χ3n) is 6.76. The number of piperidine rings is 1. The largest absolute Gasteiger partial charge is 0.440 e. The van der Waals surface area contributed by atoms with Gasteiger partial charge < -0.3 is 9.32 Å². The zero-order valence-corrected chi connectivity index (χ0v) is 20.1. The fourth-order valence-corrected chi connectivity index (χ4v) is 5.89. The number of nitrogens with zero attached hydrogens (tertiary/aromatic N) is 3. The maximum absolute atomic E-state index is 13.7. The summed E-state index contributed by atoms with van der Waals surface area (Å²) in [5.41, 5.74) is 2.07. The molecule has 2 aliphatic heterocycles. The first kappa shape index (κ1) is 22.6. The molecule has 2 aromatic carbocycles. The molecule has 1 unspecified atom stereocenters. The fourth-order valence-electron chi connectivity index (χ4n) is 4.65. The number of sulfonamides is 1. The lowest BCUT2D eigenvalue weighted by Crippen LogP contribution is -2.46. The quantitative estimate of drug-likeness (QED) is 0.600. The van der Waals surface area contributed by atoms with Gasteiger partial charge in [0.2, 0.25) is 5.91 Å². The molecule has 3 heterocycles. The van der Waals surface area contributed by atoms with E-state index >= 15 is 0 Å². The van der Waals surface area contributed by atoms with Crippen molar-refractivity contribution in [1.82, 2.24) is 14.6 Å². The maximum Gasteiger partial charge on any atom is 0.263 e. The summed E-state index contributed by atoms with van der Waals surface area (Å²) in [5, 5.41) is 0. The van der Waals surface area contributed by atoms with E-state index in [0.717, 1.165) is 30.4 Å². The molecule has 8 nitrogen and oxygen atoms in total. The number of carbonyl (C=O) groups is 1. The number of nitrogens with one attached hydrogen (secondary N) is 1. The minimum absolute atomic E-state index is 0.0149. The molecule has 1 fully saturated rings. The third-order valence-corrected chi connectivity index (χ3v) is 8.16. The van der Waals surface area contributed by atoms with Crippen LogP contribution in [0, 0.1) is 5.92 Å². The van der Waals surface area contributed by atoms with Crippen LogP contribution in [-0.2, 0) is 14.8 Å². The van der Waals surface area contributed by atoms with Crippen molar-refractivity contribution in [2.24, 2.45) is 10.9 Å². The number of aromatic nitrogens is 1. The van der Waals surface area contributed by atoms with E-state index in [9.17, 15) is 13.2 Å². The topological polar surface area (TPSA) is 105 Å². The maximum atomic E-state index is 13.7. The Morgan fingerprint density at radius 1 is 1.24 bits per heavy atom. The lowest BCUT2D eigenvalue weighted by Gasteiger charge is -2.34. The van der Waals surface area contributed by atoms with Crippen LogP contribution in [0.15, 0.2) is 62.8 Å². The smallest absolute Gasteiger partial charge is 0.263 e. The summed E-state index contributed by atoms with van der Waals surface area (Å²) < 4.78 is 33.6. The van der Waals surface area contributed by atoms with Crippen LogP contribution in [0.3, 0.4) is 0 Å². The Labute approximate surface area is 199 Å². The number of likely N-dealkylation sites (tertiary alicyclic amines) is 1. The number of rotatable bonds is 5. The third kappa shape index (κ3) is 4.09. The van der Waals surface area contributed by atoms with E-state index in [1.807, 2.05) is 43.0 Å². The minimum Gasteiger partial charge on any atom is -0.440 e. The molecule has 1 amide bonds. The number of amidine groups is 1. The summed E-state index contributed by atoms with van der Waals surface area (Å²) in [4.78, 5) is 25.1. The van der Waals surface area contributed by atoms with Crippen LogP contribution in [0.2, 0.25) is 0 Å². The van der Waals surface area contributed by atoms with Crippen LogP contribution in [0.25, 0.3) is 11.1 Å². The van der Waals surface area contributed by atoms with Crippen LogP contribution in [-0.4, -0.2) is 49.2 Å². The Morgan fingerprint density at radius 2 is 2.00 bits per heavy atom. The number of oxazole rings is 1. The number of hydrogen-bond acceptors (Lipinski definition) is 6. The first-order chi connectivity index (χ1) is 16.4. The van der Waals surface area contributed by atoms with Gasteiger partial charge in [0, 0.05) is 18.7 Å². The van der Waals surface area contributed by atoms with Gasteiger partial charge in [0.15, 0.2) is 11.5 Å². The van der Waals surface area contributed by atoms with E-state index < -0.39 is 16.1 Å². The van der Waals surface area contributed by atoms with Crippen molar-refractivity contribution in [3.8, 4) is 0 Å². The summed E-state index contributed by atoms with van der Waals surface area (Å²) in [6.45, 7) is 5.13. The molecule has 2 aliphatic rings. The Balaban J connectivity index is 1.42. The molecule has 0 spiro atoms. The molecule has 5 rings (SSSR count). The van der Waals surface area contributed by atoms with Crippen molar-refractivity contribution in [2.75, 3.05) is 13.1 Å². The van der Waals surface area contributed by atoms with Gasteiger partial charge in [0.05, 0.1) is 10.8 Å². The predicted octanol–water partition coefficient (Wildman–Crippen LogP) is 3.69. The lowest BCUT2D eigenvalue weighted by molar-refractivity contribution is -0.135. The van der Waals surface area contributed by atoms with E-state index in [4.69, 9.17) is 4.42 Å². The van der Waals surface area contributed by atoms with Crippen molar-refractivity contribution in [3.63, 3.8) is 0 Å². The van der Waals surface area contributed by atoms with Crippen molar-refractivity contribution >= 4 is 32.9 Å². The van der Waals surface area contributed by atoms with Crippen molar-refractivity contribution in [3.05, 3.63) is 60.0 Å². The summed E-state index contributed by atoms with van der Waals surface area (Å²) >= 11 is 0. The van der Waals surface area contributed by atoms with Crippen LogP contribution < -0.4 is 4.72 Å². The number of fused-ring (bicyclic) bond motifs is 2. The zero-order valence-electron chi connectivity index (χ0n) is 19.3. The molecule has 0 radical (unpaired) electrons. The molecule has 0 saturated carbocycles. The number of hydrogen-bond donors (Lipinski definition) is 1. The normalized spacial score (nSPS) is 22.4. The highest BCUT2D eigenvalue weighted by atomic mass is 32.2. The molecular formula is C25H28N4O4S. The molecule has 1 aromatic heterocycles. The number of benzene rings is 2. The van der Waals surface area contributed by atoms with Gasteiger partial charge in [-0.15, -0.1) is 0 Å². The molecular weight excluding hydrogens is 452 g/mol. The molecule has 3 aromatic rings. The molecule has 178 valence electrons. The van der Waals surface area contributed by atoms with Crippen LogP contribution in [0.5, 0.6) is 0 Å². The Kier molecular flexibility index (Phi) is 5.89. The molecule has 3 atom stereocenters. The van der Waals surface area contributed by atoms with E-state index in [-0.39, 0.29) is 28.5 Å². The van der Waals surface area contributed by atoms with Gasteiger partial charge in [0.25, 0.3) is 10.0 Å². The first-order valence-electron chi connectivity index (χ1n) is 11.7. The Hall–Kier alpha value is -3.20. The Morgan fingerprint density at radius 3 is 2.79 bits per heavy atom. The summed E-state index contributed by atoms with van der Waals surface area (Å²) in [6.07, 6.45) is 2.48. The highest BCUT2D eigenvalue weighted by molar-refractivity contribution is 7.90. The highest BCUT2D eigenvalue weighted by Gasteiger charge is 2.36. The standard InChI is InChI=1S/C25H28N4O4S/c1-3-16(2)22(27-23-18-10-4-7-13-21(18)34(31,32)28-23)25(30)29-14-8-9-17(15-29)24-26-19-11-5-6-12-20(19)33-24/h4-7,10-13,16-17,22H,3,8-9,14-15H2,1-2H3,(H,27,28)/t16-,17?,22-/m0/s1. The predicted molar refractivity (Wildman–Crippen MR) is 129 cm³/mol. The number of para-hydroxylation sites is 2. The second-order valence-corrected chi connectivity index (χ2v) is 10.7. The Bertz CT molecular complexity index is 1330. The van der Waals surface area contributed by atoms with E-state index in [1.165, 1.54) is 0 Å². The van der Waals surface area contributed by atoms with E-state index in [2.05, 4.69) is 14.7 Å². The molecule has 1 saturated heterocycles. The molecule has 0 bridgehead atoms. The van der Waals surface area contributed by atoms with Crippen LogP contribution >= 0.6 is 0 Å². The van der Waals surface area contributed by atoms with Crippen molar-refractivity contribution in [2.45, 2.75) is 50.0 Å². The van der Waals surface area contributed by atoms with Gasteiger partial charge in [0.1, 0.15) is 17.4 Å². The zero-order chi connectivity index (χ0) is 23.9. The van der Waals surface area contributed by atoms with Crippen LogP contribution in [0.4, 0.5) is 0 Å². The molecule has 0 aliphatic carbocycles. The van der Waals surface area contributed by atoms with Gasteiger partial charge >= 0.3 is 0 Å². The molecule has 1 N–H and O–H groups in total. The van der Waals surface area contributed by atoms with Gasteiger partial charge in [-0.25, -0.2) is 13.4 Å². The number of carbonyl (C=O) groups excluding carboxylic acids is 1. The number of aliphatic imine (C=N–C) groups is 1. The summed E-state index contributed by atoms with van der Waals surface area (Å²) in [6, 6.07) is 13.7. The molecule has 9 heteroatoms. The minimum atomic E-state index is -3.67. The van der Waals surface area contributed by atoms with E-state index in [0.29, 0.717) is 24.5 Å². The molecule has 34 heavy (non-hydrogen) atoms. The van der Waals surface area contributed by atoms with Crippen molar-refractivity contribution < 1.29 is 17.6 Å². The lowest BCUT2D eigenvalue weighted by atomic mass is 9.94. The average molecular weight is 481 g/mol. The average Bonchev–Trinajstić information content (AvgIpc) is 3.40. The van der Waals surface area contributed by atoms with Gasteiger partial charge in [-0.05, 0) is 43.0 Å². The van der Waals surface area contributed by atoms with E-state index in [1.54, 1.807) is 24.3 Å². The summed E-state index contributed by atoms with van der Waals surface area (Å²) in [5.74, 6) is 0.763. The van der Waals surface area contributed by atoms with Gasteiger partial charge in [-0.1, -0.05) is 44.5 Å². The van der Waals surface area contributed by atoms with Gasteiger partial charge in [-0.3, -0.25) is 14.5 Å². The van der Waals surface area contributed by atoms with Crippen molar-refractivity contribution in [1.29, 1.82) is 0 Å². The summed E-state index contributed by atoms with van der Waals surface area (Å²) in [7, 11) is -3.67. The monoisotopic (exact) mass is 480 g/mol. The number of amides is 1. The highest BCUT2D eigenvalue weighted by Crippen LogP contribution is 2.31.